The number of hydrogen-bond donors (Lipinski definition) is 1. The molecule has 2 aliphatic heterocycles. The van der Waals surface area contributed by atoms with Gasteiger partial charge in [-0.1, -0.05) is 11.6 Å². The molecule has 2 heterocycles. The maximum atomic E-state index is 12.6. The Morgan fingerprint density at radius 1 is 1.38 bits per heavy atom. The molecule has 1 amide bonds. The highest BCUT2D eigenvalue weighted by molar-refractivity contribution is 6.31. The molecule has 6 nitrogen and oxygen atoms in total. The molecule has 2 aliphatic rings. The Bertz CT molecular complexity index is 593. The number of nitro benzene ring substituents is 1. The van der Waals surface area contributed by atoms with Crippen LogP contribution >= 0.6 is 11.6 Å². The number of fused-ring (bicyclic) bond motifs is 1. The van der Waals surface area contributed by atoms with Gasteiger partial charge in [0, 0.05) is 24.2 Å². The Hall–Kier alpha value is -1.66. The van der Waals surface area contributed by atoms with Crippen molar-refractivity contribution in [1.29, 1.82) is 0 Å². The molecule has 1 aromatic carbocycles. The van der Waals surface area contributed by atoms with Gasteiger partial charge in [0.1, 0.15) is 5.56 Å². The first-order chi connectivity index (χ1) is 10.1. The zero-order valence-electron chi connectivity index (χ0n) is 11.4. The lowest BCUT2D eigenvalue weighted by atomic mass is 9.88. The van der Waals surface area contributed by atoms with E-state index in [-0.39, 0.29) is 17.2 Å². The van der Waals surface area contributed by atoms with Crippen molar-refractivity contribution in [3.63, 3.8) is 0 Å². The first kappa shape index (κ1) is 14.3. The van der Waals surface area contributed by atoms with Crippen molar-refractivity contribution >= 4 is 23.2 Å². The van der Waals surface area contributed by atoms with Gasteiger partial charge < -0.3 is 10.2 Å². The third-order valence-electron chi connectivity index (χ3n) is 4.38. The largest absolute Gasteiger partial charge is 0.338 e. The molecule has 21 heavy (non-hydrogen) atoms. The minimum absolute atomic E-state index is 0.0805. The summed E-state index contributed by atoms with van der Waals surface area (Å²) in [6.07, 6.45) is 0.942. The minimum Gasteiger partial charge on any atom is -0.338 e. The smallest absolute Gasteiger partial charge is 0.282 e. The van der Waals surface area contributed by atoms with E-state index in [1.807, 2.05) is 0 Å². The summed E-state index contributed by atoms with van der Waals surface area (Å²) in [5.74, 6) is 0.763. The van der Waals surface area contributed by atoms with Crippen molar-refractivity contribution in [1.82, 2.24) is 10.2 Å². The number of piperidine rings is 1. The second kappa shape index (κ2) is 5.61. The maximum Gasteiger partial charge on any atom is 0.282 e. The van der Waals surface area contributed by atoms with Gasteiger partial charge in [0.25, 0.3) is 11.6 Å². The molecule has 1 aromatic rings. The van der Waals surface area contributed by atoms with Crippen molar-refractivity contribution in [2.75, 3.05) is 26.2 Å². The van der Waals surface area contributed by atoms with Crippen LogP contribution < -0.4 is 5.32 Å². The predicted octanol–water partition coefficient (Wildman–Crippen LogP) is 1.93. The number of nitro groups is 1. The first-order valence-electron chi connectivity index (χ1n) is 7.00. The highest BCUT2D eigenvalue weighted by atomic mass is 35.5. The van der Waals surface area contributed by atoms with Crippen LogP contribution in [0.15, 0.2) is 18.2 Å². The minimum atomic E-state index is -0.534. The molecule has 0 saturated carbocycles. The van der Waals surface area contributed by atoms with Crippen LogP contribution in [0, 0.1) is 22.0 Å². The molecule has 112 valence electrons. The molecule has 3 rings (SSSR count). The number of nitrogens with zero attached hydrogens (tertiary/aromatic N) is 2. The SMILES string of the molecule is O=C(c1cc(Cl)ccc1[N+](=O)[O-])N1CCC2CNCC2C1. The van der Waals surface area contributed by atoms with Crippen LogP contribution in [0.1, 0.15) is 16.8 Å². The summed E-state index contributed by atoms with van der Waals surface area (Å²) in [6, 6.07) is 4.12. The van der Waals surface area contributed by atoms with Crippen LogP contribution in [0.5, 0.6) is 0 Å². The second-order valence-corrected chi connectivity index (χ2v) is 6.07. The molecule has 0 aliphatic carbocycles. The van der Waals surface area contributed by atoms with Gasteiger partial charge in [0.15, 0.2) is 0 Å². The normalized spacial score (nSPS) is 24.7. The van der Waals surface area contributed by atoms with E-state index in [1.54, 1.807) is 4.90 Å². The van der Waals surface area contributed by atoms with Crippen molar-refractivity contribution in [3.05, 3.63) is 38.9 Å². The van der Waals surface area contributed by atoms with Crippen LogP contribution in [-0.4, -0.2) is 41.9 Å². The third-order valence-corrected chi connectivity index (χ3v) is 4.61. The highest BCUT2D eigenvalue weighted by Gasteiger charge is 2.36. The molecule has 0 spiro atoms. The summed E-state index contributed by atoms with van der Waals surface area (Å²) in [5.41, 5.74) is -0.104. The first-order valence-corrected chi connectivity index (χ1v) is 7.38. The van der Waals surface area contributed by atoms with E-state index >= 15 is 0 Å². The fourth-order valence-corrected chi connectivity index (χ4v) is 3.40. The van der Waals surface area contributed by atoms with E-state index < -0.39 is 4.92 Å². The van der Waals surface area contributed by atoms with Gasteiger partial charge in [-0.05, 0) is 43.5 Å². The zero-order chi connectivity index (χ0) is 15.0. The lowest BCUT2D eigenvalue weighted by Crippen LogP contribution is -2.43. The van der Waals surface area contributed by atoms with E-state index in [2.05, 4.69) is 5.32 Å². The molecule has 1 N–H and O–H groups in total. The summed E-state index contributed by atoms with van der Waals surface area (Å²) in [6.45, 7) is 3.21. The molecule has 0 bridgehead atoms. The van der Waals surface area contributed by atoms with Gasteiger partial charge in [0.2, 0.25) is 0 Å². The number of nitrogens with one attached hydrogen (secondary N) is 1. The van der Waals surface area contributed by atoms with Crippen molar-refractivity contribution in [2.24, 2.45) is 11.8 Å². The summed E-state index contributed by atoms with van der Waals surface area (Å²) in [4.78, 5) is 24.9. The fraction of sp³-hybridized carbons (Fsp3) is 0.500. The van der Waals surface area contributed by atoms with Gasteiger partial charge in [-0.2, -0.15) is 0 Å². The number of rotatable bonds is 2. The molecule has 2 atom stereocenters. The third kappa shape index (κ3) is 2.73. The molecule has 2 saturated heterocycles. The molecule has 0 aromatic heterocycles. The number of halogens is 1. The monoisotopic (exact) mass is 309 g/mol. The van der Waals surface area contributed by atoms with Crippen LogP contribution in [0.25, 0.3) is 0 Å². The van der Waals surface area contributed by atoms with Crippen molar-refractivity contribution < 1.29 is 9.72 Å². The van der Waals surface area contributed by atoms with Crippen molar-refractivity contribution in [3.8, 4) is 0 Å². The van der Waals surface area contributed by atoms with Gasteiger partial charge in [-0.15, -0.1) is 0 Å². The quantitative estimate of drug-likeness (QED) is 0.669. The van der Waals surface area contributed by atoms with E-state index in [1.165, 1.54) is 18.2 Å². The predicted molar refractivity (Wildman–Crippen MR) is 78.5 cm³/mol. The topological polar surface area (TPSA) is 75.5 Å². The van der Waals surface area contributed by atoms with E-state index in [4.69, 9.17) is 11.6 Å². The number of carbonyl (C=O) groups is 1. The zero-order valence-corrected chi connectivity index (χ0v) is 12.2. The number of carbonyl (C=O) groups excluding carboxylic acids is 1. The lowest BCUT2D eigenvalue weighted by Gasteiger charge is -2.34. The number of hydrogen-bond acceptors (Lipinski definition) is 4. The lowest BCUT2D eigenvalue weighted by molar-refractivity contribution is -0.385. The Morgan fingerprint density at radius 3 is 2.90 bits per heavy atom. The maximum absolute atomic E-state index is 12.6. The number of amides is 1. The summed E-state index contributed by atoms with van der Waals surface area (Å²) >= 11 is 5.89. The van der Waals surface area contributed by atoms with Crippen LogP contribution in [-0.2, 0) is 0 Å². The molecule has 0 radical (unpaired) electrons. The van der Waals surface area contributed by atoms with E-state index in [9.17, 15) is 14.9 Å². The van der Waals surface area contributed by atoms with Crippen molar-refractivity contribution in [2.45, 2.75) is 6.42 Å². The van der Waals surface area contributed by atoms with E-state index in [0.29, 0.717) is 29.9 Å². The summed E-state index contributed by atoms with van der Waals surface area (Å²) < 4.78 is 0. The Balaban J connectivity index is 1.85. The molecule has 2 fully saturated rings. The summed E-state index contributed by atoms with van der Waals surface area (Å²) in [5, 5.41) is 14.8. The average Bonchev–Trinajstić information content (AvgIpc) is 2.93. The Morgan fingerprint density at radius 2 is 2.14 bits per heavy atom. The Kier molecular flexibility index (Phi) is 3.82. The number of benzene rings is 1. The molecular weight excluding hydrogens is 294 g/mol. The van der Waals surface area contributed by atoms with Gasteiger partial charge in [-0.3, -0.25) is 14.9 Å². The number of likely N-dealkylation sites (tertiary alicyclic amines) is 1. The van der Waals surface area contributed by atoms with Crippen LogP contribution in [0.3, 0.4) is 0 Å². The Labute approximate surface area is 127 Å². The van der Waals surface area contributed by atoms with Gasteiger partial charge in [0.05, 0.1) is 4.92 Å². The van der Waals surface area contributed by atoms with Gasteiger partial charge >= 0.3 is 0 Å². The molecule has 2 unspecified atom stereocenters. The fourth-order valence-electron chi connectivity index (χ4n) is 3.23. The van der Waals surface area contributed by atoms with Crippen LogP contribution in [0.4, 0.5) is 5.69 Å². The van der Waals surface area contributed by atoms with Crippen LogP contribution in [0.2, 0.25) is 5.02 Å². The molecular formula is C14H16ClN3O3. The van der Waals surface area contributed by atoms with Gasteiger partial charge in [-0.25, -0.2) is 0 Å². The summed E-state index contributed by atoms with van der Waals surface area (Å²) in [7, 11) is 0. The standard InChI is InChI=1S/C14H16ClN3O3/c15-11-1-2-13(18(20)21)12(5-11)14(19)17-4-3-9-6-16-7-10(9)8-17/h1-2,5,9-10,16H,3-4,6-8H2. The second-order valence-electron chi connectivity index (χ2n) is 5.64. The molecule has 7 heteroatoms. The highest BCUT2D eigenvalue weighted by Crippen LogP contribution is 2.30. The average molecular weight is 310 g/mol. The van der Waals surface area contributed by atoms with E-state index in [0.717, 1.165) is 19.5 Å².